The van der Waals surface area contributed by atoms with Gasteiger partial charge in [0.2, 0.25) is 0 Å². The first kappa shape index (κ1) is 23.9. The first-order valence-corrected chi connectivity index (χ1v) is 12.5. The zero-order valence-corrected chi connectivity index (χ0v) is 20.6. The van der Waals surface area contributed by atoms with Gasteiger partial charge in [-0.25, -0.2) is 9.37 Å². The summed E-state index contributed by atoms with van der Waals surface area (Å²) in [5.74, 6) is 0.501. The van der Waals surface area contributed by atoms with E-state index in [0.29, 0.717) is 21.8 Å². The number of benzene rings is 3. The van der Waals surface area contributed by atoms with Gasteiger partial charge in [-0.15, -0.1) is 13.2 Å². The average molecular weight is 563 g/mol. The predicted molar refractivity (Wildman–Crippen MR) is 133 cm³/mol. The van der Waals surface area contributed by atoms with Crippen LogP contribution in [0.25, 0.3) is 10.8 Å². The molecular weight excluding hydrogens is 544 g/mol. The second-order valence-corrected chi connectivity index (χ2v) is 10.2. The molecule has 0 radical (unpaired) electrons. The SMILES string of the molecule is Fc1cc(SN(Cc2ccc(OC(F)(F)F)cc2)c2ncc3ccccc3c2C2CC2)ccc1Br. The summed E-state index contributed by atoms with van der Waals surface area (Å²) in [5, 5.41) is 2.17. The largest absolute Gasteiger partial charge is 0.573 e. The van der Waals surface area contributed by atoms with Crippen LogP contribution >= 0.6 is 27.9 Å². The first-order chi connectivity index (χ1) is 16.8. The van der Waals surface area contributed by atoms with Crippen LogP contribution in [0.2, 0.25) is 0 Å². The maximum Gasteiger partial charge on any atom is 0.573 e. The standard InChI is InChI=1S/C26H19BrF4N2OS/c27-22-12-11-20(13-23(22)28)35-33(15-16-5-9-19(10-6-16)34-26(29,30)31)25-24(17-7-8-17)21-4-2-1-3-18(21)14-32-25/h1-6,9-14,17H,7-8,15H2. The van der Waals surface area contributed by atoms with E-state index in [2.05, 4.69) is 26.7 Å². The third-order valence-corrected chi connectivity index (χ3v) is 7.26. The van der Waals surface area contributed by atoms with E-state index < -0.39 is 6.36 Å². The molecule has 0 aliphatic heterocycles. The number of anilines is 1. The van der Waals surface area contributed by atoms with Crippen molar-refractivity contribution in [3.8, 4) is 5.75 Å². The zero-order valence-electron chi connectivity index (χ0n) is 18.2. The highest BCUT2D eigenvalue weighted by atomic mass is 79.9. The number of alkyl halides is 3. The number of hydrogen-bond acceptors (Lipinski definition) is 4. The molecule has 9 heteroatoms. The number of fused-ring (bicyclic) bond motifs is 1. The summed E-state index contributed by atoms with van der Waals surface area (Å²) in [6.07, 6.45) is -0.787. The van der Waals surface area contributed by atoms with E-state index in [4.69, 9.17) is 4.98 Å². The van der Waals surface area contributed by atoms with Crippen molar-refractivity contribution < 1.29 is 22.3 Å². The Balaban J connectivity index is 1.53. The molecule has 5 rings (SSSR count). The maximum atomic E-state index is 14.3. The topological polar surface area (TPSA) is 25.4 Å². The summed E-state index contributed by atoms with van der Waals surface area (Å²) in [6.45, 7) is 0.347. The number of nitrogens with zero attached hydrogens (tertiary/aromatic N) is 2. The van der Waals surface area contributed by atoms with E-state index in [1.54, 1.807) is 18.2 Å². The summed E-state index contributed by atoms with van der Waals surface area (Å²) in [7, 11) is 0. The third-order valence-electron chi connectivity index (χ3n) is 5.63. The minimum Gasteiger partial charge on any atom is -0.406 e. The summed E-state index contributed by atoms with van der Waals surface area (Å²) in [4.78, 5) is 5.48. The Morgan fingerprint density at radius 2 is 1.77 bits per heavy atom. The zero-order chi connectivity index (χ0) is 24.6. The molecule has 0 saturated heterocycles. The van der Waals surface area contributed by atoms with Crippen molar-refractivity contribution in [2.45, 2.75) is 36.6 Å². The molecule has 1 heterocycles. The molecule has 4 aromatic rings. The van der Waals surface area contributed by atoms with Crippen molar-refractivity contribution >= 4 is 44.5 Å². The number of pyridine rings is 1. The highest BCUT2D eigenvalue weighted by molar-refractivity contribution is 9.10. The van der Waals surface area contributed by atoms with Crippen molar-refractivity contribution in [3.63, 3.8) is 0 Å². The number of ether oxygens (including phenoxy) is 1. The number of halogens is 5. The molecule has 180 valence electrons. The Labute approximate surface area is 212 Å². The molecule has 1 aliphatic rings. The molecule has 3 nitrogen and oxygen atoms in total. The fourth-order valence-corrected chi connectivity index (χ4v) is 5.15. The molecule has 1 fully saturated rings. The van der Waals surface area contributed by atoms with Gasteiger partial charge in [-0.2, -0.15) is 0 Å². The lowest BCUT2D eigenvalue weighted by Gasteiger charge is -2.26. The monoisotopic (exact) mass is 562 g/mol. The van der Waals surface area contributed by atoms with Gasteiger partial charge in [-0.3, -0.25) is 4.31 Å². The van der Waals surface area contributed by atoms with Gasteiger partial charge in [0, 0.05) is 22.0 Å². The van der Waals surface area contributed by atoms with Crippen LogP contribution in [0.3, 0.4) is 0 Å². The van der Waals surface area contributed by atoms with E-state index in [1.807, 2.05) is 34.8 Å². The van der Waals surface area contributed by atoms with Crippen LogP contribution < -0.4 is 9.04 Å². The van der Waals surface area contributed by atoms with Crippen molar-refractivity contribution in [1.82, 2.24) is 4.98 Å². The van der Waals surface area contributed by atoms with Crippen LogP contribution in [0, 0.1) is 5.82 Å². The lowest BCUT2D eigenvalue weighted by atomic mass is 10.0. The third kappa shape index (κ3) is 5.73. The van der Waals surface area contributed by atoms with Gasteiger partial charge in [0.1, 0.15) is 17.4 Å². The Bertz CT molecular complexity index is 1360. The molecule has 35 heavy (non-hydrogen) atoms. The minimum absolute atomic E-state index is 0.280. The van der Waals surface area contributed by atoms with E-state index in [-0.39, 0.29) is 11.6 Å². The van der Waals surface area contributed by atoms with Gasteiger partial charge in [0.15, 0.2) is 0 Å². The molecule has 0 atom stereocenters. The van der Waals surface area contributed by atoms with E-state index in [0.717, 1.165) is 40.6 Å². The number of hydrogen-bond donors (Lipinski definition) is 0. The molecule has 0 spiro atoms. The van der Waals surface area contributed by atoms with Crippen molar-refractivity contribution in [2.75, 3.05) is 4.31 Å². The van der Waals surface area contributed by atoms with Gasteiger partial charge in [-0.1, -0.05) is 36.4 Å². The van der Waals surface area contributed by atoms with Crippen LogP contribution in [0.15, 0.2) is 82.3 Å². The minimum atomic E-state index is -4.75. The predicted octanol–water partition coefficient (Wildman–Crippen LogP) is 8.63. The summed E-state index contributed by atoms with van der Waals surface area (Å²) < 4.78 is 58.3. The molecule has 0 unspecified atom stereocenters. The van der Waals surface area contributed by atoms with E-state index in [9.17, 15) is 17.6 Å². The highest BCUT2D eigenvalue weighted by Crippen LogP contribution is 2.48. The lowest BCUT2D eigenvalue weighted by molar-refractivity contribution is -0.274. The van der Waals surface area contributed by atoms with E-state index >= 15 is 0 Å². The fourth-order valence-electron chi connectivity index (χ4n) is 3.92. The normalized spacial score (nSPS) is 13.7. The van der Waals surface area contributed by atoms with Crippen LogP contribution in [0.5, 0.6) is 5.75 Å². The van der Waals surface area contributed by atoms with Gasteiger partial charge >= 0.3 is 6.36 Å². The number of rotatable bonds is 7. The molecule has 1 saturated carbocycles. The fraction of sp³-hybridized carbons (Fsp3) is 0.192. The summed E-state index contributed by atoms with van der Waals surface area (Å²) in [6, 6.07) is 18.8. The lowest BCUT2D eigenvalue weighted by Crippen LogP contribution is -2.18. The van der Waals surface area contributed by atoms with Crippen molar-refractivity contribution in [2.24, 2.45) is 0 Å². The van der Waals surface area contributed by atoms with Crippen LogP contribution in [-0.2, 0) is 6.54 Å². The molecule has 0 N–H and O–H groups in total. The van der Waals surface area contributed by atoms with Gasteiger partial charge < -0.3 is 4.74 Å². The van der Waals surface area contributed by atoms with Crippen LogP contribution in [0.1, 0.15) is 29.9 Å². The Hall–Kier alpha value is -2.78. The van der Waals surface area contributed by atoms with Crippen molar-refractivity contribution in [1.29, 1.82) is 0 Å². The summed E-state index contributed by atoms with van der Waals surface area (Å²) >= 11 is 4.53. The molecule has 3 aromatic carbocycles. The van der Waals surface area contributed by atoms with Gasteiger partial charge in [0.25, 0.3) is 0 Å². The number of aromatic nitrogens is 1. The van der Waals surface area contributed by atoms with Crippen LogP contribution in [0.4, 0.5) is 23.4 Å². The smallest absolute Gasteiger partial charge is 0.406 e. The average Bonchev–Trinajstić information content (AvgIpc) is 3.66. The van der Waals surface area contributed by atoms with Crippen LogP contribution in [-0.4, -0.2) is 11.3 Å². The van der Waals surface area contributed by atoms with E-state index in [1.165, 1.54) is 30.1 Å². The summed E-state index contributed by atoms with van der Waals surface area (Å²) in [5.41, 5.74) is 1.91. The first-order valence-electron chi connectivity index (χ1n) is 10.9. The van der Waals surface area contributed by atoms with Gasteiger partial charge in [-0.05, 0) is 87.9 Å². The second kappa shape index (κ2) is 9.70. The molecule has 1 aliphatic carbocycles. The highest BCUT2D eigenvalue weighted by Gasteiger charge is 2.32. The van der Waals surface area contributed by atoms with Gasteiger partial charge in [0.05, 0.1) is 11.0 Å². The molecule has 0 amide bonds. The van der Waals surface area contributed by atoms with Crippen molar-refractivity contribution in [3.05, 3.63) is 94.3 Å². The Morgan fingerprint density at radius 1 is 1.03 bits per heavy atom. The molecular formula is C26H19BrF4N2OS. The molecule has 0 bridgehead atoms. The quantitative estimate of drug-likeness (QED) is 0.166. The Morgan fingerprint density at radius 3 is 2.46 bits per heavy atom. The second-order valence-electron chi connectivity index (χ2n) is 8.25. The Kier molecular flexibility index (Phi) is 6.63. The maximum absolute atomic E-state index is 14.3. The molecule has 1 aromatic heterocycles.